The highest BCUT2D eigenvalue weighted by molar-refractivity contribution is 6.17. The lowest BCUT2D eigenvalue weighted by atomic mass is 9.96. The van der Waals surface area contributed by atoms with Gasteiger partial charge in [0.05, 0.1) is 11.0 Å². The van der Waals surface area contributed by atoms with E-state index in [1.165, 1.54) is 0 Å². The predicted molar refractivity (Wildman–Crippen MR) is 88.0 cm³/mol. The summed E-state index contributed by atoms with van der Waals surface area (Å²) in [5, 5.41) is 2.91. The molecule has 21 heavy (non-hydrogen) atoms. The number of amides is 1. The molecule has 0 aliphatic rings. The number of rotatable bonds is 5. The van der Waals surface area contributed by atoms with Crippen LogP contribution in [0.3, 0.4) is 0 Å². The summed E-state index contributed by atoms with van der Waals surface area (Å²) >= 11 is 5.61. The van der Waals surface area contributed by atoms with Crippen molar-refractivity contribution in [1.29, 1.82) is 0 Å². The van der Waals surface area contributed by atoms with Gasteiger partial charge in [0.15, 0.2) is 0 Å². The van der Waals surface area contributed by atoms with Gasteiger partial charge in [-0.1, -0.05) is 20.8 Å². The maximum Gasteiger partial charge on any atom is 0.224 e. The second-order valence-corrected chi connectivity index (χ2v) is 6.64. The fourth-order valence-electron chi connectivity index (χ4n) is 2.05. The number of fused-ring (bicyclic) bond motifs is 1. The van der Waals surface area contributed by atoms with Crippen LogP contribution < -0.4 is 5.32 Å². The Labute approximate surface area is 130 Å². The van der Waals surface area contributed by atoms with E-state index in [0.717, 1.165) is 35.4 Å². The number of nitrogens with zero attached hydrogens (tertiary/aromatic N) is 1. The number of nitrogens with one attached hydrogen (secondary N) is 2. The molecule has 0 aliphatic carbocycles. The third-order valence-corrected chi connectivity index (χ3v) is 3.53. The van der Waals surface area contributed by atoms with Crippen molar-refractivity contribution in [3.63, 3.8) is 0 Å². The van der Waals surface area contributed by atoms with Crippen LogP contribution in [0.25, 0.3) is 11.0 Å². The van der Waals surface area contributed by atoms with Gasteiger partial charge in [0.2, 0.25) is 5.91 Å². The molecule has 0 saturated carbocycles. The first-order valence-corrected chi connectivity index (χ1v) is 7.79. The van der Waals surface area contributed by atoms with Gasteiger partial charge in [0, 0.05) is 23.4 Å². The molecule has 5 heteroatoms. The Balaban J connectivity index is 2.10. The van der Waals surface area contributed by atoms with E-state index in [9.17, 15) is 4.79 Å². The summed E-state index contributed by atoms with van der Waals surface area (Å²) in [4.78, 5) is 19.7. The molecule has 1 heterocycles. The second-order valence-electron chi connectivity index (χ2n) is 6.26. The van der Waals surface area contributed by atoms with E-state index in [0.29, 0.717) is 12.3 Å². The number of aromatic amines is 1. The molecular formula is C16H22ClN3O. The van der Waals surface area contributed by atoms with E-state index in [2.05, 4.69) is 36.1 Å². The van der Waals surface area contributed by atoms with Crippen molar-refractivity contribution >= 4 is 34.2 Å². The van der Waals surface area contributed by atoms with Crippen molar-refractivity contribution in [2.45, 2.75) is 45.4 Å². The number of carbonyl (C=O) groups is 1. The van der Waals surface area contributed by atoms with E-state index in [1.807, 2.05) is 18.2 Å². The average molecular weight is 308 g/mol. The highest BCUT2D eigenvalue weighted by Gasteiger charge is 2.18. The van der Waals surface area contributed by atoms with E-state index in [-0.39, 0.29) is 11.3 Å². The van der Waals surface area contributed by atoms with Crippen molar-refractivity contribution in [1.82, 2.24) is 9.97 Å². The Morgan fingerprint density at radius 3 is 2.76 bits per heavy atom. The molecule has 2 rings (SSSR count). The largest absolute Gasteiger partial charge is 0.341 e. The van der Waals surface area contributed by atoms with Crippen LogP contribution in [-0.4, -0.2) is 21.8 Å². The number of imidazole rings is 1. The van der Waals surface area contributed by atoms with Gasteiger partial charge >= 0.3 is 0 Å². The number of unbranched alkanes of at least 4 members (excludes halogenated alkanes) is 1. The Hall–Kier alpha value is -1.55. The summed E-state index contributed by atoms with van der Waals surface area (Å²) in [6.45, 7) is 6.35. The fraction of sp³-hybridized carbons (Fsp3) is 0.500. The minimum atomic E-state index is -0.0238. The van der Waals surface area contributed by atoms with E-state index >= 15 is 0 Å². The summed E-state index contributed by atoms with van der Waals surface area (Å²) in [6.07, 6.45) is 2.18. The summed E-state index contributed by atoms with van der Waals surface area (Å²) in [6, 6.07) is 5.74. The number of benzene rings is 1. The molecule has 0 atom stereocenters. The van der Waals surface area contributed by atoms with E-state index in [4.69, 9.17) is 11.6 Å². The van der Waals surface area contributed by atoms with Gasteiger partial charge in [-0.3, -0.25) is 4.79 Å². The number of aromatic nitrogens is 2. The van der Waals surface area contributed by atoms with Gasteiger partial charge in [-0.25, -0.2) is 4.98 Å². The number of halogens is 1. The zero-order valence-corrected chi connectivity index (χ0v) is 13.5. The molecule has 0 radical (unpaired) electrons. The quantitative estimate of drug-likeness (QED) is 0.642. The molecule has 0 aliphatic heterocycles. The molecule has 0 fully saturated rings. The number of hydrogen-bond acceptors (Lipinski definition) is 2. The number of anilines is 1. The lowest BCUT2D eigenvalue weighted by molar-refractivity contribution is -0.116. The predicted octanol–water partition coefficient (Wildman–Crippen LogP) is 4.21. The molecular weight excluding hydrogens is 286 g/mol. The third kappa shape index (κ3) is 4.21. The van der Waals surface area contributed by atoms with Gasteiger partial charge in [-0.2, -0.15) is 0 Å². The first kappa shape index (κ1) is 15.8. The lowest BCUT2D eigenvalue weighted by Gasteiger charge is -2.13. The molecule has 1 aromatic heterocycles. The number of hydrogen-bond donors (Lipinski definition) is 2. The SMILES string of the molecule is CC(C)(C)c1nc2ccc(NC(=O)CCCCCl)cc2[nH]1. The molecule has 2 N–H and O–H groups in total. The van der Waals surface area contributed by atoms with Crippen LogP contribution in [0.15, 0.2) is 18.2 Å². The molecule has 1 aromatic carbocycles. The molecule has 114 valence electrons. The van der Waals surface area contributed by atoms with Crippen molar-refractivity contribution in [2.24, 2.45) is 0 Å². The molecule has 0 bridgehead atoms. The Morgan fingerprint density at radius 1 is 1.33 bits per heavy atom. The second kappa shape index (κ2) is 6.48. The minimum Gasteiger partial charge on any atom is -0.341 e. The standard InChI is InChI=1S/C16H22ClN3O/c1-16(2,3)15-19-12-8-7-11(10-13(12)20-15)18-14(21)6-4-5-9-17/h7-8,10H,4-6,9H2,1-3H3,(H,18,21)(H,19,20). The molecule has 0 unspecified atom stereocenters. The maximum absolute atomic E-state index is 11.8. The Bertz CT molecular complexity index is 628. The fourth-order valence-corrected chi connectivity index (χ4v) is 2.24. The van der Waals surface area contributed by atoms with Crippen LogP contribution in [0.5, 0.6) is 0 Å². The summed E-state index contributed by atoms with van der Waals surface area (Å²) in [5.41, 5.74) is 2.63. The maximum atomic E-state index is 11.8. The number of alkyl halides is 1. The highest BCUT2D eigenvalue weighted by Crippen LogP contribution is 2.24. The van der Waals surface area contributed by atoms with Crippen LogP contribution in [0.2, 0.25) is 0 Å². The smallest absolute Gasteiger partial charge is 0.224 e. The van der Waals surface area contributed by atoms with Crippen molar-refractivity contribution < 1.29 is 4.79 Å². The van der Waals surface area contributed by atoms with E-state index < -0.39 is 0 Å². The summed E-state index contributed by atoms with van der Waals surface area (Å²) in [7, 11) is 0. The molecule has 4 nitrogen and oxygen atoms in total. The summed E-state index contributed by atoms with van der Waals surface area (Å²) in [5.74, 6) is 1.57. The van der Waals surface area contributed by atoms with Crippen molar-refractivity contribution in [3.05, 3.63) is 24.0 Å². The Kier molecular flexibility index (Phi) is 4.88. The van der Waals surface area contributed by atoms with Crippen LogP contribution in [0.4, 0.5) is 5.69 Å². The topological polar surface area (TPSA) is 57.8 Å². The van der Waals surface area contributed by atoms with E-state index in [1.54, 1.807) is 0 Å². The minimum absolute atomic E-state index is 0.0232. The Morgan fingerprint density at radius 2 is 2.10 bits per heavy atom. The van der Waals surface area contributed by atoms with Gasteiger partial charge in [-0.15, -0.1) is 11.6 Å². The van der Waals surface area contributed by atoms with Crippen LogP contribution >= 0.6 is 11.6 Å². The first-order chi connectivity index (χ1) is 9.90. The molecule has 0 saturated heterocycles. The van der Waals surface area contributed by atoms with Gasteiger partial charge in [0.1, 0.15) is 5.82 Å². The van der Waals surface area contributed by atoms with Gasteiger partial charge in [0.25, 0.3) is 0 Å². The lowest BCUT2D eigenvalue weighted by Crippen LogP contribution is -2.12. The number of carbonyl (C=O) groups excluding carboxylic acids is 1. The zero-order chi connectivity index (χ0) is 15.5. The number of H-pyrrole nitrogens is 1. The normalized spacial score (nSPS) is 11.8. The molecule has 0 spiro atoms. The van der Waals surface area contributed by atoms with Crippen molar-refractivity contribution in [2.75, 3.05) is 11.2 Å². The average Bonchev–Trinajstić information content (AvgIpc) is 2.82. The zero-order valence-electron chi connectivity index (χ0n) is 12.8. The van der Waals surface area contributed by atoms with Crippen molar-refractivity contribution in [3.8, 4) is 0 Å². The van der Waals surface area contributed by atoms with Gasteiger partial charge < -0.3 is 10.3 Å². The summed E-state index contributed by atoms with van der Waals surface area (Å²) < 4.78 is 0. The molecule has 1 amide bonds. The molecule has 2 aromatic rings. The third-order valence-electron chi connectivity index (χ3n) is 3.26. The van der Waals surface area contributed by atoms with Gasteiger partial charge in [-0.05, 0) is 31.0 Å². The highest BCUT2D eigenvalue weighted by atomic mass is 35.5. The monoisotopic (exact) mass is 307 g/mol. The van der Waals surface area contributed by atoms with Crippen LogP contribution in [0.1, 0.15) is 45.9 Å². The first-order valence-electron chi connectivity index (χ1n) is 7.26. The van der Waals surface area contributed by atoms with Crippen LogP contribution in [0, 0.1) is 0 Å². The van der Waals surface area contributed by atoms with Crippen LogP contribution in [-0.2, 0) is 10.2 Å².